The van der Waals surface area contributed by atoms with Crippen LogP contribution in [0.2, 0.25) is 5.02 Å². The highest BCUT2D eigenvalue weighted by molar-refractivity contribution is 6.31. The van der Waals surface area contributed by atoms with Crippen LogP contribution in [0.15, 0.2) is 18.2 Å². The third-order valence-corrected chi connectivity index (χ3v) is 3.16. The maximum absolute atomic E-state index is 11.9. The first-order chi connectivity index (χ1) is 9.09. The number of carbonyl (C=O) groups excluding carboxylic acids is 1. The van der Waals surface area contributed by atoms with Crippen LogP contribution in [0, 0.1) is 5.41 Å². The van der Waals surface area contributed by atoms with Gasteiger partial charge in [0.1, 0.15) is 0 Å². The smallest absolute Gasteiger partial charge is 0.335 e. The number of nitrogens with one attached hydrogen (secondary N) is 1. The molecule has 0 fully saturated rings. The Hall–Kier alpha value is -1.59. The quantitative estimate of drug-likeness (QED) is 0.797. The summed E-state index contributed by atoms with van der Waals surface area (Å²) in [5.74, 6) is -1.37. The van der Waals surface area contributed by atoms with Crippen LogP contribution in [-0.2, 0) is 4.79 Å². The number of benzene rings is 1. The molecule has 0 saturated heterocycles. The topological polar surface area (TPSA) is 92.4 Å². The lowest BCUT2D eigenvalue weighted by molar-refractivity contribution is -0.117. The minimum absolute atomic E-state index is 0.0212. The molecule has 1 amide bonds. The number of carboxylic acid groups (broad SMARTS) is 1. The van der Waals surface area contributed by atoms with E-state index in [4.69, 9.17) is 22.4 Å². The summed E-state index contributed by atoms with van der Waals surface area (Å²) in [5.41, 5.74) is 6.12. The van der Waals surface area contributed by atoms with Gasteiger partial charge >= 0.3 is 5.97 Å². The molecular formula is C14H19ClN2O3. The first kappa shape index (κ1) is 16.5. The maximum atomic E-state index is 11.9. The Balaban J connectivity index is 2.78. The fraction of sp³-hybridized carbons (Fsp3) is 0.429. The number of nitrogens with two attached hydrogens (primary N) is 1. The Bertz CT molecular complexity index is 524. The zero-order chi connectivity index (χ0) is 15.5. The molecule has 0 spiro atoms. The van der Waals surface area contributed by atoms with E-state index in [2.05, 4.69) is 5.32 Å². The standard InChI is InChI=1S/C14H19ClN2O3/c1-14(2,3)11(16)7-12(18)17-10-5-8(13(19)20)4-9(15)6-10/h4-6,11H,7,16H2,1-3H3,(H,17,18)(H,19,20). The van der Waals surface area contributed by atoms with Gasteiger partial charge in [0.25, 0.3) is 0 Å². The molecule has 4 N–H and O–H groups in total. The molecule has 0 aliphatic rings. The Morgan fingerprint density at radius 3 is 2.45 bits per heavy atom. The lowest BCUT2D eigenvalue weighted by Crippen LogP contribution is -2.38. The van der Waals surface area contributed by atoms with Gasteiger partial charge in [-0.2, -0.15) is 0 Å². The maximum Gasteiger partial charge on any atom is 0.335 e. The molecule has 0 heterocycles. The minimum atomic E-state index is -1.10. The van der Waals surface area contributed by atoms with Crippen molar-refractivity contribution >= 4 is 29.2 Å². The van der Waals surface area contributed by atoms with Gasteiger partial charge in [0.2, 0.25) is 5.91 Å². The summed E-state index contributed by atoms with van der Waals surface area (Å²) in [6.07, 6.45) is 0.151. The number of halogens is 1. The number of anilines is 1. The second-order valence-corrected chi connectivity index (χ2v) is 6.19. The Labute approximate surface area is 123 Å². The summed E-state index contributed by atoms with van der Waals surface area (Å²) in [6.45, 7) is 5.85. The van der Waals surface area contributed by atoms with E-state index in [0.717, 1.165) is 0 Å². The van der Waals surface area contributed by atoms with Crippen molar-refractivity contribution in [3.63, 3.8) is 0 Å². The van der Waals surface area contributed by atoms with Crippen LogP contribution < -0.4 is 11.1 Å². The summed E-state index contributed by atoms with van der Waals surface area (Å²) >= 11 is 5.82. The number of hydrogen-bond acceptors (Lipinski definition) is 3. The van der Waals surface area contributed by atoms with Gasteiger partial charge in [-0.15, -0.1) is 0 Å². The number of aromatic carboxylic acids is 1. The predicted molar refractivity (Wildman–Crippen MR) is 79.1 cm³/mol. The van der Waals surface area contributed by atoms with Crippen molar-refractivity contribution in [1.82, 2.24) is 0 Å². The Morgan fingerprint density at radius 1 is 1.35 bits per heavy atom. The molecule has 0 radical (unpaired) electrons. The van der Waals surface area contributed by atoms with Gasteiger partial charge in [-0.05, 0) is 23.6 Å². The number of hydrogen-bond donors (Lipinski definition) is 3. The van der Waals surface area contributed by atoms with Crippen LogP contribution in [0.25, 0.3) is 0 Å². The van der Waals surface area contributed by atoms with E-state index in [0.29, 0.717) is 5.69 Å². The second-order valence-electron chi connectivity index (χ2n) is 5.76. The van der Waals surface area contributed by atoms with E-state index in [1.54, 1.807) is 0 Å². The zero-order valence-corrected chi connectivity index (χ0v) is 12.5. The summed E-state index contributed by atoms with van der Waals surface area (Å²) in [6, 6.07) is 3.88. The monoisotopic (exact) mass is 298 g/mol. The van der Waals surface area contributed by atoms with Gasteiger partial charge in [-0.3, -0.25) is 4.79 Å². The molecule has 110 valence electrons. The Kier molecular flexibility index (Phi) is 5.14. The van der Waals surface area contributed by atoms with E-state index in [-0.39, 0.29) is 34.4 Å². The van der Waals surface area contributed by atoms with Crippen LogP contribution in [-0.4, -0.2) is 23.0 Å². The van der Waals surface area contributed by atoms with Gasteiger partial charge in [-0.1, -0.05) is 32.4 Å². The molecule has 0 aliphatic carbocycles. The molecule has 0 saturated carbocycles. The van der Waals surface area contributed by atoms with E-state index < -0.39 is 5.97 Å². The van der Waals surface area contributed by atoms with Crippen molar-refractivity contribution in [1.29, 1.82) is 0 Å². The molecule has 20 heavy (non-hydrogen) atoms. The van der Waals surface area contributed by atoms with Gasteiger partial charge < -0.3 is 16.2 Å². The molecule has 0 bridgehead atoms. The highest BCUT2D eigenvalue weighted by atomic mass is 35.5. The van der Waals surface area contributed by atoms with Crippen LogP contribution in [0.1, 0.15) is 37.6 Å². The van der Waals surface area contributed by atoms with E-state index in [9.17, 15) is 9.59 Å². The largest absolute Gasteiger partial charge is 0.478 e. The average Bonchev–Trinajstić information content (AvgIpc) is 2.26. The predicted octanol–water partition coefficient (Wildman–Crippen LogP) is 2.74. The Morgan fingerprint density at radius 2 is 1.95 bits per heavy atom. The van der Waals surface area contributed by atoms with Crippen molar-refractivity contribution in [2.75, 3.05) is 5.32 Å². The van der Waals surface area contributed by atoms with Gasteiger partial charge in [0, 0.05) is 23.2 Å². The summed E-state index contributed by atoms with van der Waals surface area (Å²) in [5, 5.41) is 11.8. The normalized spacial score (nSPS) is 12.8. The van der Waals surface area contributed by atoms with E-state index >= 15 is 0 Å². The number of amides is 1. The zero-order valence-electron chi connectivity index (χ0n) is 11.7. The summed E-state index contributed by atoms with van der Waals surface area (Å²) < 4.78 is 0. The fourth-order valence-corrected chi connectivity index (χ4v) is 1.74. The third kappa shape index (κ3) is 4.83. The highest BCUT2D eigenvalue weighted by Crippen LogP contribution is 2.22. The van der Waals surface area contributed by atoms with Gasteiger partial charge in [0.05, 0.1) is 5.56 Å². The van der Waals surface area contributed by atoms with Crippen LogP contribution in [0.4, 0.5) is 5.69 Å². The lowest BCUT2D eigenvalue weighted by atomic mass is 9.85. The number of carboxylic acids is 1. The van der Waals surface area contributed by atoms with Crippen molar-refractivity contribution in [2.45, 2.75) is 33.2 Å². The van der Waals surface area contributed by atoms with Gasteiger partial charge in [0.15, 0.2) is 0 Å². The first-order valence-corrected chi connectivity index (χ1v) is 6.56. The van der Waals surface area contributed by atoms with Crippen molar-refractivity contribution < 1.29 is 14.7 Å². The number of rotatable bonds is 4. The van der Waals surface area contributed by atoms with E-state index in [1.165, 1.54) is 18.2 Å². The third-order valence-electron chi connectivity index (χ3n) is 2.95. The average molecular weight is 299 g/mol. The van der Waals surface area contributed by atoms with Crippen LogP contribution >= 0.6 is 11.6 Å². The summed E-state index contributed by atoms with van der Waals surface area (Å²) in [7, 11) is 0. The molecule has 1 atom stereocenters. The highest BCUT2D eigenvalue weighted by Gasteiger charge is 2.23. The molecule has 1 rings (SSSR count). The van der Waals surface area contributed by atoms with Crippen molar-refractivity contribution in [3.05, 3.63) is 28.8 Å². The molecule has 0 aromatic heterocycles. The first-order valence-electron chi connectivity index (χ1n) is 6.19. The molecule has 6 heteroatoms. The molecule has 5 nitrogen and oxygen atoms in total. The van der Waals surface area contributed by atoms with Crippen molar-refractivity contribution in [2.24, 2.45) is 11.1 Å². The molecular weight excluding hydrogens is 280 g/mol. The van der Waals surface area contributed by atoms with Crippen LogP contribution in [0.5, 0.6) is 0 Å². The summed E-state index contributed by atoms with van der Waals surface area (Å²) in [4.78, 5) is 22.8. The number of carbonyl (C=O) groups is 2. The van der Waals surface area contributed by atoms with Gasteiger partial charge in [-0.25, -0.2) is 4.79 Å². The molecule has 1 aromatic carbocycles. The minimum Gasteiger partial charge on any atom is -0.478 e. The second kappa shape index (κ2) is 6.24. The van der Waals surface area contributed by atoms with E-state index in [1.807, 2.05) is 20.8 Å². The SMILES string of the molecule is CC(C)(C)C(N)CC(=O)Nc1cc(Cl)cc(C(=O)O)c1. The molecule has 1 aromatic rings. The fourth-order valence-electron chi connectivity index (χ4n) is 1.50. The molecule has 1 unspecified atom stereocenters. The van der Waals surface area contributed by atoms with Crippen LogP contribution in [0.3, 0.4) is 0 Å². The molecule has 0 aliphatic heterocycles. The van der Waals surface area contributed by atoms with Crippen molar-refractivity contribution in [3.8, 4) is 0 Å². The lowest BCUT2D eigenvalue weighted by Gasteiger charge is -2.26.